The van der Waals surface area contributed by atoms with Gasteiger partial charge in [-0.2, -0.15) is 13.2 Å². The monoisotopic (exact) mass is 628 g/mol. The van der Waals surface area contributed by atoms with E-state index in [0.717, 1.165) is 49.3 Å². The van der Waals surface area contributed by atoms with Gasteiger partial charge in [-0.3, -0.25) is 9.79 Å². The van der Waals surface area contributed by atoms with E-state index in [1.807, 2.05) is 0 Å². The summed E-state index contributed by atoms with van der Waals surface area (Å²) in [5.41, 5.74) is 2.24. The number of amides is 1. The summed E-state index contributed by atoms with van der Waals surface area (Å²) < 4.78 is 64.4. The number of carboxylic acids is 1. The summed E-state index contributed by atoms with van der Waals surface area (Å²) in [6.07, 6.45) is -1.57. The molecular weight excluding hydrogens is 589 g/mol. The van der Waals surface area contributed by atoms with Crippen molar-refractivity contribution in [2.75, 3.05) is 46.9 Å². The SMILES string of the molecule is CCCCOc1ccc(S(=O)(=O)N(C)CCCC(=O)N(C)CCc2ccc(C3=NCCN3)cc2)cc1.O=C(O)C(F)(F)F. The number of amidine groups is 1. The average Bonchev–Trinajstić information content (AvgIpc) is 3.51. The zero-order valence-electron chi connectivity index (χ0n) is 24.6. The minimum absolute atomic E-state index is 0.00973. The van der Waals surface area contributed by atoms with Crippen LogP contribution in [0.15, 0.2) is 58.4 Å². The van der Waals surface area contributed by atoms with Crippen LogP contribution in [0, 0.1) is 0 Å². The van der Waals surface area contributed by atoms with E-state index in [1.54, 1.807) is 43.3 Å². The van der Waals surface area contributed by atoms with Crippen LogP contribution in [0.2, 0.25) is 0 Å². The van der Waals surface area contributed by atoms with Gasteiger partial charge < -0.3 is 20.1 Å². The van der Waals surface area contributed by atoms with Gasteiger partial charge in [0.1, 0.15) is 11.6 Å². The first-order chi connectivity index (χ1) is 20.3. The minimum atomic E-state index is -5.08. The molecule has 1 aliphatic rings. The first-order valence-corrected chi connectivity index (χ1v) is 15.3. The number of aliphatic imine (C=N–C) groups is 1. The Morgan fingerprint density at radius 2 is 1.65 bits per heavy atom. The molecule has 0 bridgehead atoms. The normalized spacial score (nSPS) is 13.0. The fraction of sp³-hybridized carbons (Fsp3) is 0.483. The molecule has 1 amide bonds. The number of aliphatic carboxylic acids is 1. The van der Waals surface area contributed by atoms with E-state index in [-0.39, 0.29) is 17.3 Å². The molecule has 238 valence electrons. The lowest BCUT2D eigenvalue weighted by molar-refractivity contribution is -0.192. The molecule has 0 radical (unpaired) electrons. The summed E-state index contributed by atoms with van der Waals surface area (Å²) in [7, 11) is -0.278. The lowest BCUT2D eigenvalue weighted by Crippen LogP contribution is -2.31. The van der Waals surface area contributed by atoms with Gasteiger partial charge in [0.15, 0.2) is 0 Å². The first kappa shape index (κ1) is 35.5. The number of halogens is 3. The molecule has 2 aromatic rings. The van der Waals surface area contributed by atoms with Crippen molar-refractivity contribution in [2.24, 2.45) is 4.99 Å². The maximum absolute atomic E-state index is 12.9. The van der Waals surface area contributed by atoms with Crippen LogP contribution in [0.4, 0.5) is 13.2 Å². The Bertz CT molecular complexity index is 1320. The number of alkyl halides is 3. The molecule has 0 saturated carbocycles. The molecule has 0 aliphatic carbocycles. The smallest absolute Gasteiger partial charge is 0.490 e. The summed E-state index contributed by atoms with van der Waals surface area (Å²) in [6, 6.07) is 14.7. The molecule has 1 aliphatic heterocycles. The highest BCUT2D eigenvalue weighted by molar-refractivity contribution is 7.89. The lowest BCUT2D eigenvalue weighted by atomic mass is 10.1. The van der Waals surface area contributed by atoms with Crippen LogP contribution in [-0.2, 0) is 26.0 Å². The number of hydrogen-bond donors (Lipinski definition) is 2. The number of nitrogens with one attached hydrogen (secondary N) is 1. The van der Waals surface area contributed by atoms with Gasteiger partial charge in [-0.05, 0) is 49.1 Å². The number of unbranched alkanes of at least 4 members (excludes halogenated alkanes) is 1. The van der Waals surface area contributed by atoms with Crippen molar-refractivity contribution < 1.29 is 41.0 Å². The fourth-order valence-corrected chi connectivity index (χ4v) is 5.04. The number of rotatable bonds is 14. The van der Waals surface area contributed by atoms with Crippen LogP contribution in [0.3, 0.4) is 0 Å². The quantitative estimate of drug-likeness (QED) is 0.303. The van der Waals surface area contributed by atoms with Gasteiger partial charge in [-0.25, -0.2) is 17.5 Å². The number of carboxylic acid groups (broad SMARTS) is 1. The van der Waals surface area contributed by atoms with E-state index in [1.165, 1.54) is 4.31 Å². The summed E-state index contributed by atoms with van der Waals surface area (Å²) >= 11 is 0. The molecule has 0 spiro atoms. The maximum Gasteiger partial charge on any atom is 0.490 e. The third-order valence-corrected chi connectivity index (χ3v) is 8.34. The zero-order chi connectivity index (χ0) is 32.0. The Labute approximate surface area is 250 Å². The predicted molar refractivity (Wildman–Crippen MR) is 157 cm³/mol. The second kappa shape index (κ2) is 16.8. The predicted octanol–water partition coefficient (Wildman–Crippen LogP) is 3.95. The van der Waals surface area contributed by atoms with Crippen LogP contribution in [0.1, 0.15) is 43.7 Å². The zero-order valence-corrected chi connectivity index (χ0v) is 25.4. The van der Waals surface area contributed by atoms with Crippen LogP contribution in [0.25, 0.3) is 0 Å². The molecule has 43 heavy (non-hydrogen) atoms. The van der Waals surface area contributed by atoms with Crippen molar-refractivity contribution in [3.05, 3.63) is 59.7 Å². The van der Waals surface area contributed by atoms with Crippen molar-refractivity contribution in [1.29, 1.82) is 0 Å². The molecule has 2 N–H and O–H groups in total. The van der Waals surface area contributed by atoms with E-state index < -0.39 is 22.2 Å². The standard InChI is InChI=1S/C27H38N4O4S.C2HF3O2/c1-4-5-21-35-24-12-14-25(15-13-24)36(33,34)31(3)19-6-7-26(32)30(2)20-16-22-8-10-23(11-9-22)27-28-17-18-29-27;3-2(4,5)1(6)7/h8-15H,4-7,16-21H2,1-3H3,(H,28,29);(H,6,7). The van der Waals surface area contributed by atoms with E-state index in [9.17, 15) is 26.4 Å². The molecule has 0 unspecified atom stereocenters. The van der Waals surface area contributed by atoms with Gasteiger partial charge in [-0.1, -0.05) is 37.6 Å². The van der Waals surface area contributed by atoms with Crippen molar-refractivity contribution in [3.63, 3.8) is 0 Å². The Morgan fingerprint density at radius 1 is 1.02 bits per heavy atom. The van der Waals surface area contributed by atoms with E-state index in [2.05, 4.69) is 41.5 Å². The molecule has 0 atom stereocenters. The number of ether oxygens (including phenoxy) is 1. The van der Waals surface area contributed by atoms with Crippen molar-refractivity contribution in [1.82, 2.24) is 14.5 Å². The number of hydrogen-bond acceptors (Lipinski definition) is 7. The molecular formula is C29H39F3N4O6S. The number of likely N-dealkylation sites (N-methyl/N-ethyl adjacent to an activating group) is 1. The molecule has 0 saturated heterocycles. The van der Waals surface area contributed by atoms with Crippen molar-refractivity contribution in [3.8, 4) is 5.75 Å². The Hall–Kier alpha value is -3.65. The van der Waals surface area contributed by atoms with E-state index in [0.29, 0.717) is 31.7 Å². The van der Waals surface area contributed by atoms with Gasteiger partial charge in [0.2, 0.25) is 15.9 Å². The number of carbonyl (C=O) groups is 2. The van der Waals surface area contributed by atoms with Gasteiger partial charge >= 0.3 is 12.1 Å². The van der Waals surface area contributed by atoms with Gasteiger partial charge in [0, 0.05) is 45.7 Å². The summed E-state index contributed by atoms with van der Waals surface area (Å²) in [6.45, 7) is 5.28. The van der Waals surface area contributed by atoms with Crippen molar-refractivity contribution in [2.45, 2.75) is 50.1 Å². The molecule has 10 nitrogen and oxygen atoms in total. The van der Waals surface area contributed by atoms with Crippen LogP contribution >= 0.6 is 0 Å². The summed E-state index contributed by atoms with van der Waals surface area (Å²) in [5, 5.41) is 10.4. The minimum Gasteiger partial charge on any atom is -0.494 e. The molecule has 14 heteroatoms. The summed E-state index contributed by atoms with van der Waals surface area (Å²) in [4.78, 5) is 27.8. The first-order valence-electron chi connectivity index (χ1n) is 13.9. The molecule has 3 rings (SSSR count). The highest BCUT2D eigenvalue weighted by Crippen LogP contribution is 2.20. The number of nitrogens with zero attached hydrogens (tertiary/aromatic N) is 3. The summed E-state index contributed by atoms with van der Waals surface area (Å²) in [5.74, 6) is -1.15. The molecule has 2 aromatic carbocycles. The largest absolute Gasteiger partial charge is 0.494 e. The average molecular weight is 629 g/mol. The van der Waals surface area contributed by atoms with Crippen LogP contribution in [-0.4, -0.2) is 93.5 Å². The Kier molecular flexibility index (Phi) is 13.9. The molecule has 0 aromatic heterocycles. The van der Waals surface area contributed by atoms with E-state index in [4.69, 9.17) is 14.6 Å². The second-order valence-electron chi connectivity index (χ2n) is 9.83. The maximum atomic E-state index is 12.9. The highest BCUT2D eigenvalue weighted by Gasteiger charge is 2.38. The van der Waals surface area contributed by atoms with Gasteiger partial charge in [0.25, 0.3) is 0 Å². The molecule has 0 fully saturated rings. The van der Waals surface area contributed by atoms with Gasteiger partial charge in [-0.15, -0.1) is 0 Å². The fourth-order valence-electron chi connectivity index (χ4n) is 3.83. The highest BCUT2D eigenvalue weighted by atomic mass is 32.2. The molecule has 1 heterocycles. The topological polar surface area (TPSA) is 129 Å². The Balaban J connectivity index is 0.000000821. The lowest BCUT2D eigenvalue weighted by Gasteiger charge is -2.20. The van der Waals surface area contributed by atoms with Crippen LogP contribution in [0.5, 0.6) is 5.75 Å². The van der Waals surface area contributed by atoms with Crippen LogP contribution < -0.4 is 10.1 Å². The third-order valence-electron chi connectivity index (χ3n) is 6.47. The Morgan fingerprint density at radius 3 is 2.19 bits per heavy atom. The number of benzene rings is 2. The third kappa shape index (κ3) is 11.9. The van der Waals surface area contributed by atoms with Gasteiger partial charge in [0.05, 0.1) is 18.0 Å². The number of sulfonamides is 1. The van der Waals surface area contributed by atoms with Crippen molar-refractivity contribution >= 4 is 27.7 Å². The second-order valence-corrected chi connectivity index (χ2v) is 11.9. The van der Waals surface area contributed by atoms with E-state index >= 15 is 0 Å². The number of carbonyl (C=O) groups excluding carboxylic acids is 1.